The van der Waals surface area contributed by atoms with Crippen molar-refractivity contribution in [2.75, 3.05) is 11.9 Å². The van der Waals surface area contributed by atoms with E-state index in [0.29, 0.717) is 0 Å². The molecule has 0 saturated carbocycles. The van der Waals surface area contributed by atoms with Crippen molar-refractivity contribution in [2.45, 2.75) is 24.5 Å². The molecule has 0 heterocycles. The van der Waals surface area contributed by atoms with Gasteiger partial charge in [-0.15, -0.1) is 0 Å². The van der Waals surface area contributed by atoms with Gasteiger partial charge in [0, 0.05) is 27.8 Å². The lowest BCUT2D eigenvalue weighted by Gasteiger charge is -2.23. The fourth-order valence-corrected chi connectivity index (χ4v) is 4.96. The van der Waals surface area contributed by atoms with Gasteiger partial charge in [0.1, 0.15) is 0 Å². The predicted molar refractivity (Wildman–Crippen MR) is 125 cm³/mol. The van der Waals surface area contributed by atoms with Crippen molar-refractivity contribution in [2.24, 2.45) is 0 Å². The minimum absolute atomic E-state index is 0.0619. The molecule has 11 heteroatoms. The summed E-state index contributed by atoms with van der Waals surface area (Å²) in [5.74, 6) is -0.835. The minimum atomic E-state index is -4.59. The minimum Gasteiger partial charge on any atom is -0.325 e. The highest BCUT2D eigenvalue weighted by Gasteiger charge is 2.31. The van der Waals surface area contributed by atoms with E-state index in [0.717, 1.165) is 28.1 Å². The molecule has 180 valence electrons. The van der Waals surface area contributed by atoms with Crippen molar-refractivity contribution in [3.8, 4) is 0 Å². The summed E-state index contributed by atoms with van der Waals surface area (Å²) >= 11 is 12.4. The molecule has 0 aliphatic heterocycles. The number of alkyl halides is 3. The second-order valence-electron chi connectivity index (χ2n) is 7.41. The van der Waals surface area contributed by atoms with E-state index in [2.05, 4.69) is 5.32 Å². The van der Waals surface area contributed by atoms with E-state index in [1.54, 1.807) is 25.1 Å². The zero-order valence-electron chi connectivity index (χ0n) is 17.7. The lowest BCUT2D eigenvalue weighted by molar-refractivity contribution is -0.137. The molecule has 0 bridgehead atoms. The topological polar surface area (TPSA) is 66.5 Å². The van der Waals surface area contributed by atoms with Crippen LogP contribution in [0.25, 0.3) is 0 Å². The highest BCUT2D eigenvalue weighted by molar-refractivity contribution is 7.89. The second kappa shape index (κ2) is 10.4. The van der Waals surface area contributed by atoms with Crippen LogP contribution >= 0.6 is 23.2 Å². The Morgan fingerprint density at radius 1 is 0.971 bits per heavy atom. The Morgan fingerprint density at radius 3 is 2.15 bits per heavy atom. The molecule has 1 amide bonds. The van der Waals surface area contributed by atoms with Gasteiger partial charge in [0.25, 0.3) is 0 Å². The fraction of sp³-hybridized carbons (Fsp3) is 0.174. The van der Waals surface area contributed by atoms with Gasteiger partial charge < -0.3 is 5.32 Å². The number of carbonyl (C=O) groups is 1. The van der Waals surface area contributed by atoms with Gasteiger partial charge in [-0.3, -0.25) is 4.79 Å². The molecule has 0 saturated heterocycles. The summed E-state index contributed by atoms with van der Waals surface area (Å²) in [7, 11) is -4.19. The lowest BCUT2D eigenvalue weighted by Crippen LogP contribution is -2.37. The average molecular weight is 531 g/mol. The predicted octanol–water partition coefficient (Wildman–Crippen LogP) is 6.15. The Bertz CT molecular complexity index is 1280. The van der Waals surface area contributed by atoms with E-state index >= 15 is 0 Å². The molecule has 34 heavy (non-hydrogen) atoms. The molecular weight excluding hydrogens is 512 g/mol. The third kappa shape index (κ3) is 6.29. The monoisotopic (exact) mass is 530 g/mol. The number of hydrogen-bond acceptors (Lipinski definition) is 3. The molecular formula is C23H19Cl2F3N2O3S. The Morgan fingerprint density at radius 2 is 1.56 bits per heavy atom. The number of sulfonamides is 1. The SMILES string of the molecule is Cc1ccc(S(=O)(=O)N(CC(=O)Nc2cccc(C(F)(F)F)c2)Cc2c(Cl)cccc2Cl)cc1. The number of hydrogen-bond donors (Lipinski definition) is 1. The van der Waals surface area contributed by atoms with E-state index in [1.807, 2.05) is 0 Å². The Balaban J connectivity index is 1.92. The number of halogens is 5. The third-order valence-electron chi connectivity index (χ3n) is 4.85. The van der Waals surface area contributed by atoms with Crippen LogP contribution in [-0.4, -0.2) is 25.2 Å². The average Bonchev–Trinajstić information content (AvgIpc) is 2.75. The zero-order chi connectivity index (χ0) is 25.1. The molecule has 0 atom stereocenters. The fourth-order valence-electron chi connectivity index (χ4n) is 3.08. The maximum Gasteiger partial charge on any atom is 0.416 e. The zero-order valence-corrected chi connectivity index (χ0v) is 20.1. The van der Waals surface area contributed by atoms with Crippen molar-refractivity contribution in [3.05, 3.63) is 93.5 Å². The van der Waals surface area contributed by atoms with E-state index in [1.165, 1.54) is 30.3 Å². The summed E-state index contributed by atoms with van der Waals surface area (Å²) in [6, 6.07) is 14.7. The van der Waals surface area contributed by atoms with Crippen LogP contribution < -0.4 is 5.32 Å². The van der Waals surface area contributed by atoms with Crippen molar-refractivity contribution in [1.29, 1.82) is 0 Å². The van der Waals surface area contributed by atoms with Crippen molar-refractivity contribution < 1.29 is 26.4 Å². The van der Waals surface area contributed by atoms with Crippen LogP contribution in [0.2, 0.25) is 10.0 Å². The van der Waals surface area contributed by atoms with Gasteiger partial charge >= 0.3 is 6.18 Å². The second-order valence-corrected chi connectivity index (χ2v) is 10.2. The van der Waals surface area contributed by atoms with Crippen LogP contribution in [0.5, 0.6) is 0 Å². The number of nitrogens with zero attached hydrogens (tertiary/aromatic N) is 1. The molecule has 3 rings (SSSR count). The van der Waals surface area contributed by atoms with Gasteiger partial charge in [0.05, 0.1) is 17.0 Å². The van der Waals surface area contributed by atoms with E-state index in [-0.39, 0.29) is 32.7 Å². The van der Waals surface area contributed by atoms with Gasteiger partial charge in [-0.1, -0.05) is 53.0 Å². The first-order chi connectivity index (χ1) is 15.9. The van der Waals surface area contributed by atoms with Gasteiger partial charge in [-0.2, -0.15) is 17.5 Å². The van der Waals surface area contributed by atoms with Crippen molar-refractivity contribution in [1.82, 2.24) is 4.31 Å². The van der Waals surface area contributed by atoms with Crippen molar-refractivity contribution in [3.63, 3.8) is 0 Å². The molecule has 0 unspecified atom stereocenters. The van der Waals surface area contributed by atoms with Crippen LogP contribution in [0.4, 0.5) is 18.9 Å². The van der Waals surface area contributed by atoms with Crippen LogP contribution in [0.3, 0.4) is 0 Å². The van der Waals surface area contributed by atoms with Crippen LogP contribution in [-0.2, 0) is 27.5 Å². The number of anilines is 1. The first-order valence-electron chi connectivity index (χ1n) is 9.85. The molecule has 1 N–H and O–H groups in total. The van der Waals surface area contributed by atoms with Gasteiger partial charge in [-0.25, -0.2) is 8.42 Å². The molecule has 0 spiro atoms. The summed E-state index contributed by atoms with van der Waals surface area (Å²) in [5, 5.41) is 2.73. The molecule has 0 aliphatic carbocycles. The smallest absolute Gasteiger partial charge is 0.325 e. The van der Waals surface area contributed by atoms with E-state index in [4.69, 9.17) is 23.2 Å². The Hall–Kier alpha value is -2.59. The van der Waals surface area contributed by atoms with E-state index < -0.39 is 34.2 Å². The van der Waals surface area contributed by atoms with E-state index in [9.17, 15) is 26.4 Å². The molecule has 0 aliphatic rings. The van der Waals surface area contributed by atoms with Gasteiger partial charge in [0.15, 0.2) is 0 Å². The lowest BCUT2D eigenvalue weighted by atomic mass is 10.2. The molecule has 0 fully saturated rings. The first-order valence-corrected chi connectivity index (χ1v) is 12.0. The Kier molecular flexibility index (Phi) is 7.92. The number of aryl methyl sites for hydroxylation is 1. The molecule has 0 radical (unpaired) electrons. The highest BCUT2D eigenvalue weighted by Crippen LogP contribution is 2.31. The standard InChI is InChI=1S/C23H19Cl2F3N2O3S/c1-15-8-10-18(11-9-15)34(32,33)30(13-19-20(24)6-3-7-21(19)25)14-22(31)29-17-5-2-4-16(12-17)23(26,27)28/h2-12H,13-14H2,1H3,(H,29,31). The summed E-state index contributed by atoms with van der Waals surface area (Å²) in [6.45, 7) is 0.777. The summed E-state index contributed by atoms with van der Waals surface area (Å²) in [6.07, 6.45) is -4.59. The molecule has 3 aromatic carbocycles. The number of rotatable bonds is 7. The molecule has 0 aromatic heterocycles. The number of amides is 1. The largest absolute Gasteiger partial charge is 0.416 e. The normalized spacial score (nSPS) is 12.1. The summed E-state index contributed by atoms with van der Waals surface area (Å²) in [5.41, 5.74) is 0.0518. The maximum atomic E-state index is 13.4. The molecule has 3 aromatic rings. The summed E-state index contributed by atoms with van der Waals surface area (Å²) in [4.78, 5) is 12.6. The third-order valence-corrected chi connectivity index (χ3v) is 7.36. The van der Waals surface area contributed by atoms with Gasteiger partial charge in [-0.05, 0) is 49.4 Å². The Labute approximate surface area is 205 Å². The first kappa shape index (κ1) is 26.0. The molecule has 5 nitrogen and oxygen atoms in total. The quantitative estimate of drug-likeness (QED) is 0.398. The number of benzene rings is 3. The summed E-state index contributed by atoms with van der Waals surface area (Å²) < 4.78 is 66.5. The maximum absolute atomic E-state index is 13.4. The van der Waals surface area contributed by atoms with Crippen LogP contribution in [0.1, 0.15) is 16.7 Å². The highest BCUT2D eigenvalue weighted by atomic mass is 35.5. The van der Waals surface area contributed by atoms with Gasteiger partial charge in [0.2, 0.25) is 15.9 Å². The van der Waals surface area contributed by atoms with Crippen LogP contribution in [0, 0.1) is 6.92 Å². The number of carbonyl (C=O) groups excluding carboxylic acids is 1. The van der Waals surface area contributed by atoms with Crippen molar-refractivity contribution >= 4 is 44.8 Å². The number of nitrogens with one attached hydrogen (secondary N) is 1. The van der Waals surface area contributed by atoms with Crippen LogP contribution in [0.15, 0.2) is 71.6 Å².